The zero-order valence-corrected chi connectivity index (χ0v) is 17.6. The third-order valence-corrected chi connectivity index (χ3v) is 4.64. The van der Waals surface area contributed by atoms with E-state index in [0.29, 0.717) is 44.7 Å². The van der Waals surface area contributed by atoms with Gasteiger partial charge in [-0.05, 0) is 18.6 Å². The van der Waals surface area contributed by atoms with Gasteiger partial charge in [0.2, 0.25) is 0 Å². The van der Waals surface area contributed by atoms with Gasteiger partial charge in [-0.25, -0.2) is 15.0 Å². The molecule has 0 saturated heterocycles. The van der Waals surface area contributed by atoms with Crippen LogP contribution in [0.2, 0.25) is 0 Å². The van der Waals surface area contributed by atoms with Crippen molar-refractivity contribution in [2.45, 2.75) is 13.3 Å². The molecule has 0 unspecified atom stereocenters. The van der Waals surface area contributed by atoms with Crippen LogP contribution in [0.5, 0.6) is 11.8 Å². The zero-order chi connectivity index (χ0) is 21.5. The fourth-order valence-electron chi connectivity index (χ4n) is 3.15. The minimum atomic E-state index is 0.364. The Morgan fingerprint density at radius 3 is 2.71 bits per heavy atom. The van der Waals surface area contributed by atoms with Crippen LogP contribution in [0.25, 0.3) is 33.2 Å². The molecule has 0 bridgehead atoms. The lowest BCUT2D eigenvalue weighted by atomic mass is 10.1. The summed E-state index contributed by atoms with van der Waals surface area (Å²) in [5, 5.41) is 1.79. The predicted octanol–water partition coefficient (Wildman–Crippen LogP) is 3.40. The number of ether oxygens (including phenoxy) is 4. The number of nitrogens with zero attached hydrogens (tertiary/aromatic N) is 4. The second-order valence-corrected chi connectivity index (χ2v) is 6.82. The lowest BCUT2D eigenvalue weighted by molar-refractivity contribution is 0.0544. The number of fused-ring (bicyclic) bond motifs is 2. The van der Waals surface area contributed by atoms with Crippen molar-refractivity contribution in [3.63, 3.8) is 0 Å². The summed E-state index contributed by atoms with van der Waals surface area (Å²) in [4.78, 5) is 20.9. The van der Waals surface area contributed by atoms with E-state index in [-0.39, 0.29) is 0 Å². The molecule has 0 aliphatic carbocycles. The van der Waals surface area contributed by atoms with Gasteiger partial charge in [0, 0.05) is 41.9 Å². The highest BCUT2D eigenvalue weighted by atomic mass is 16.5. The Morgan fingerprint density at radius 1 is 0.935 bits per heavy atom. The van der Waals surface area contributed by atoms with E-state index in [1.165, 1.54) is 0 Å². The molecule has 0 spiro atoms. The van der Waals surface area contributed by atoms with E-state index in [0.717, 1.165) is 39.7 Å². The van der Waals surface area contributed by atoms with Crippen molar-refractivity contribution in [3.8, 4) is 23.0 Å². The Kier molecular flexibility index (Phi) is 6.85. The number of methoxy groups -OCH3 is 1. The van der Waals surface area contributed by atoms with Crippen molar-refractivity contribution in [1.29, 1.82) is 0 Å². The molecule has 1 N–H and O–H groups in total. The third-order valence-electron chi connectivity index (χ3n) is 4.64. The minimum absolute atomic E-state index is 0.364. The number of hydrogen-bond acceptors (Lipinski definition) is 8. The fraction of sp³-hybridized carbons (Fsp3) is 0.364. The first kappa shape index (κ1) is 21.0. The molecule has 9 nitrogen and oxygen atoms in total. The van der Waals surface area contributed by atoms with Crippen LogP contribution in [-0.2, 0) is 9.47 Å². The summed E-state index contributed by atoms with van der Waals surface area (Å²) < 4.78 is 21.7. The molecule has 4 aromatic rings. The van der Waals surface area contributed by atoms with E-state index in [9.17, 15) is 0 Å². The topological polar surface area (TPSA) is 104 Å². The van der Waals surface area contributed by atoms with Gasteiger partial charge >= 0.3 is 6.01 Å². The summed E-state index contributed by atoms with van der Waals surface area (Å²) in [5.74, 6) is 0.729. The quantitative estimate of drug-likeness (QED) is 0.366. The van der Waals surface area contributed by atoms with E-state index in [2.05, 4.69) is 24.9 Å². The van der Waals surface area contributed by atoms with Gasteiger partial charge in [-0.2, -0.15) is 4.98 Å². The molecule has 0 aliphatic heterocycles. The van der Waals surface area contributed by atoms with Gasteiger partial charge in [-0.3, -0.25) is 0 Å². The molecule has 0 radical (unpaired) electrons. The van der Waals surface area contributed by atoms with Gasteiger partial charge in [0.05, 0.1) is 37.6 Å². The number of hydrogen-bond donors (Lipinski definition) is 1. The van der Waals surface area contributed by atoms with E-state index in [1.807, 2.05) is 31.3 Å². The summed E-state index contributed by atoms with van der Waals surface area (Å²) in [6.07, 6.45) is 6.09. The Labute approximate surface area is 179 Å². The molecule has 4 rings (SSSR count). The molecule has 9 heteroatoms. The highest BCUT2D eigenvalue weighted by Crippen LogP contribution is 2.32. The van der Waals surface area contributed by atoms with Crippen molar-refractivity contribution >= 4 is 21.9 Å². The van der Waals surface area contributed by atoms with E-state index in [4.69, 9.17) is 18.9 Å². The lowest BCUT2D eigenvalue weighted by Gasteiger charge is -2.09. The lowest BCUT2D eigenvalue weighted by Crippen LogP contribution is -2.10. The van der Waals surface area contributed by atoms with Crippen LogP contribution in [0, 0.1) is 0 Å². The predicted molar refractivity (Wildman–Crippen MR) is 116 cm³/mol. The molecule has 0 amide bonds. The van der Waals surface area contributed by atoms with Crippen molar-refractivity contribution in [2.24, 2.45) is 0 Å². The third kappa shape index (κ3) is 4.89. The number of H-pyrrole nitrogens is 1. The second-order valence-electron chi connectivity index (χ2n) is 6.82. The maximum Gasteiger partial charge on any atom is 0.318 e. The van der Waals surface area contributed by atoms with Gasteiger partial charge in [0.1, 0.15) is 24.3 Å². The molecule has 3 heterocycles. The molecule has 31 heavy (non-hydrogen) atoms. The van der Waals surface area contributed by atoms with Crippen molar-refractivity contribution in [1.82, 2.24) is 24.9 Å². The molecule has 1 aromatic carbocycles. The number of aromatic nitrogens is 5. The molecule has 162 valence electrons. The van der Waals surface area contributed by atoms with Crippen LogP contribution in [0.3, 0.4) is 0 Å². The van der Waals surface area contributed by atoms with Crippen LogP contribution in [0.4, 0.5) is 0 Å². The van der Waals surface area contributed by atoms with Crippen LogP contribution in [-0.4, -0.2) is 65.1 Å². The first-order chi connectivity index (χ1) is 15.3. The first-order valence-corrected chi connectivity index (χ1v) is 10.2. The Morgan fingerprint density at radius 2 is 1.84 bits per heavy atom. The fourth-order valence-corrected chi connectivity index (χ4v) is 3.15. The van der Waals surface area contributed by atoms with Gasteiger partial charge < -0.3 is 23.9 Å². The monoisotopic (exact) mass is 423 g/mol. The van der Waals surface area contributed by atoms with E-state index >= 15 is 0 Å². The van der Waals surface area contributed by atoms with E-state index in [1.54, 1.807) is 19.6 Å². The Balaban J connectivity index is 1.54. The highest BCUT2D eigenvalue weighted by molar-refractivity contribution is 6.01. The van der Waals surface area contributed by atoms with Crippen LogP contribution >= 0.6 is 0 Å². The van der Waals surface area contributed by atoms with Gasteiger partial charge in [-0.1, -0.05) is 6.92 Å². The molecular formula is C22H25N5O4. The van der Waals surface area contributed by atoms with E-state index < -0.39 is 0 Å². The molecule has 0 atom stereocenters. The average Bonchev–Trinajstić information content (AvgIpc) is 3.22. The van der Waals surface area contributed by atoms with Crippen molar-refractivity contribution in [2.75, 3.05) is 40.1 Å². The Bertz CT molecular complexity index is 1150. The molecule has 0 saturated carbocycles. The summed E-state index contributed by atoms with van der Waals surface area (Å²) in [5.41, 5.74) is 3.21. The number of benzene rings is 1. The number of nitrogens with one attached hydrogen (secondary N) is 1. The van der Waals surface area contributed by atoms with Crippen molar-refractivity contribution in [3.05, 3.63) is 36.9 Å². The summed E-state index contributed by atoms with van der Waals surface area (Å²) in [7, 11) is 1.65. The van der Waals surface area contributed by atoms with Crippen molar-refractivity contribution < 1.29 is 18.9 Å². The van der Waals surface area contributed by atoms with Crippen LogP contribution in [0.1, 0.15) is 13.3 Å². The molecular weight excluding hydrogens is 398 g/mol. The normalized spacial score (nSPS) is 11.3. The highest BCUT2D eigenvalue weighted by Gasteiger charge is 2.14. The minimum Gasteiger partial charge on any atom is -0.491 e. The van der Waals surface area contributed by atoms with Crippen LogP contribution < -0.4 is 9.47 Å². The number of rotatable bonds is 11. The van der Waals surface area contributed by atoms with Gasteiger partial charge in [-0.15, -0.1) is 0 Å². The second kappa shape index (κ2) is 10.1. The summed E-state index contributed by atoms with van der Waals surface area (Å²) in [6.45, 7) is 4.69. The van der Waals surface area contributed by atoms with Crippen LogP contribution in [0.15, 0.2) is 36.9 Å². The van der Waals surface area contributed by atoms with Gasteiger partial charge in [0.25, 0.3) is 0 Å². The molecule has 0 fully saturated rings. The van der Waals surface area contributed by atoms with Gasteiger partial charge in [0.15, 0.2) is 0 Å². The molecule has 0 aliphatic rings. The standard InChI is InChI=1S/C22H25N5O4/c1-3-6-31-22-24-13-18-17(12-23-21(18)27-22)20-16-5-4-15(11-19(16)25-14-26-20)30-10-9-29-8-7-28-2/h4-5,11-14H,3,6-10H2,1-2H3,(H,23,24,27). The maximum absolute atomic E-state index is 5.77. The largest absolute Gasteiger partial charge is 0.491 e. The maximum atomic E-state index is 5.77. The smallest absolute Gasteiger partial charge is 0.318 e. The Hall–Kier alpha value is -3.30. The molecule has 3 aromatic heterocycles. The summed E-state index contributed by atoms with van der Waals surface area (Å²) in [6, 6.07) is 6.14. The average molecular weight is 423 g/mol. The first-order valence-electron chi connectivity index (χ1n) is 10.2. The SMILES string of the molecule is CCCOc1ncc2c(-c3ncnc4cc(OCCOCCOC)ccc34)c[nH]c2n1. The number of aromatic amines is 1. The summed E-state index contributed by atoms with van der Waals surface area (Å²) >= 11 is 0. The zero-order valence-electron chi connectivity index (χ0n) is 17.6.